The lowest BCUT2D eigenvalue weighted by Gasteiger charge is -2.06. The number of carbonyl (C=O) groups is 2. The molecule has 96 valence electrons. The van der Waals surface area contributed by atoms with Crippen molar-refractivity contribution in [1.29, 1.82) is 0 Å². The average Bonchev–Trinajstić information content (AvgIpc) is 2.34. The van der Waals surface area contributed by atoms with Crippen LogP contribution >= 0.6 is 11.8 Å². The maximum absolute atomic E-state index is 11.7. The number of carbonyl (C=O) groups excluding carboxylic acids is 2. The summed E-state index contributed by atoms with van der Waals surface area (Å²) in [6.45, 7) is 3.14. The zero-order valence-electron chi connectivity index (χ0n) is 10.1. The highest BCUT2D eigenvalue weighted by molar-refractivity contribution is 8.12. The van der Waals surface area contributed by atoms with Crippen LogP contribution in [-0.2, 0) is 10.5 Å². The highest BCUT2D eigenvalue weighted by Gasteiger charge is 2.15. The summed E-state index contributed by atoms with van der Waals surface area (Å²) in [6, 6.07) is 4.17. The quantitative estimate of drug-likeness (QED) is 0.465. The highest BCUT2D eigenvalue weighted by atomic mass is 32.2. The first-order valence-electron chi connectivity index (χ1n) is 5.39. The van der Waals surface area contributed by atoms with Gasteiger partial charge in [-0.25, -0.2) is 0 Å². The summed E-state index contributed by atoms with van der Waals surface area (Å²) < 4.78 is 0. The number of hydrogen-bond donors (Lipinski definition) is 0. The highest BCUT2D eigenvalue weighted by Crippen LogP contribution is 2.23. The number of nitrogens with zero attached hydrogens (tertiary/aromatic N) is 1. The van der Waals surface area contributed by atoms with E-state index in [1.165, 1.54) is 25.1 Å². The van der Waals surface area contributed by atoms with Gasteiger partial charge in [0, 0.05) is 36.8 Å². The number of rotatable bonds is 5. The van der Waals surface area contributed by atoms with E-state index in [0.29, 0.717) is 16.9 Å². The molecule has 0 aliphatic rings. The minimum atomic E-state index is -0.533. The molecule has 6 heteroatoms. The largest absolute Gasteiger partial charge is 0.294 e. The zero-order valence-corrected chi connectivity index (χ0v) is 11.0. The van der Waals surface area contributed by atoms with E-state index in [0.717, 1.165) is 11.8 Å². The van der Waals surface area contributed by atoms with Crippen molar-refractivity contribution in [2.45, 2.75) is 26.0 Å². The van der Waals surface area contributed by atoms with Gasteiger partial charge in [-0.15, -0.1) is 0 Å². The van der Waals surface area contributed by atoms with E-state index in [4.69, 9.17) is 0 Å². The van der Waals surface area contributed by atoms with E-state index < -0.39 is 4.92 Å². The van der Waals surface area contributed by atoms with Crippen molar-refractivity contribution in [2.24, 2.45) is 0 Å². The smallest absolute Gasteiger partial charge is 0.270 e. The SMILES string of the molecule is CCC(=O)c1cc([N+](=O)[O-])ccc1CSC(C)=O. The number of ketones is 1. The molecular weight excluding hydrogens is 254 g/mol. The Morgan fingerprint density at radius 1 is 1.39 bits per heavy atom. The third-order valence-electron chi connectivity index (χ3n) is 2.36. The lowest BCUT2D eigenvalue weighted by atomic mass is 10.0. The van der Waals surface area contributed by atoms with Crippen molar-refractivity contribution < 1.29 is 14.5 Å². The summed E-state index contributed by atoms with van der Waals surface area (Å²) in [6.07, 6.45) is 0.277. The first-order valence-corrected chi connectivity index (χ1v) is 6.38. The fourth-order valence-corrected chi connectivity index (χ4v) is 2.04. The number of thioether (sulfide) groups is 1. The van der Waals surface area contributed by atoms with Crippen LogP contribution in [0.2, 0.25) is 0 Å². The number of nitro groups is 1. The van der Waals surface area contributed by atoms with Crippen molar-refractivity contribution >= 4 is 28.3 Å². The van der Waals surface area contributed by atoms with Crippen LogP contribution in [0.3, 0.4) is 0 Å². The normalized spacial score (nSPS) is 10.1. The zero-order chi connectivity index (χ0) is 13.7. The van der Waals surface area contributed by atoms with Gasteiger partial charge in [0.15, 0.2) is 10.9 Å². The van der Waals surface area contributed by atoms with Crippen LogP contribution < -0.4 is 0 Å². The second kappa shape index (κ2) is 6.30. The topological polar surface area (TPSA) is 77.3 Å². The molecule has 0 radical (unpaired) electrons. The van der Waals surface area contributed by atoms with Gasteiger partial charge in [-0.3, -0.25) is 19.7 Å². The third-order valence-corrected chi connectivity index (χ3v) is 3.22. The molecule has 0 amide bonds. The Morgan fingerprint density at radius 3 is 2.56 bits per heavy atom. The van der Waals surface area contributed by atoms with E-state index in [1.54, 1.807) is 6.92 Å². The summed E-state index contributed by atoms with van der Waals surface area (Å²) in [5.41, 5.74) is 0.886. The summed E-state index contributed by atoms with van der Waals surface area (Å²) in [7, 11) is 0. The van der Waals surface area contributed by atoms with E-state index >= 15 is 0 Å². The minimum absolute atomic E-state index is 0.0525. The molecule has 0 spiro atoms. The lowest BCUT2D eigenvalue weighted by Crippen LogP contribution is -2.03. The van der Waals surface area contributed by atoms with Gasteiger partial charge in [0.25, 0.3) is 5.69 Å². The van der Waals surface area contributed by atoms with E-state index in [1.807, 2.05) is 0 Å². The molecule has 0 heterocycles. The van der Waals surface area contributed by atoms with Crippen molar-refractivity contribution in [3.8, 4) is 0 Å². The Balaban J connectivity index is 3.12. The predicted molar refractivity (Wildman–Crippen MR) is 69.7 cm³/mol. The minimum Gasteiger partial charge on any atom is -0.294 e. The molecular formula is C12H13NO4S. The number of nitro benzene ring substituents is 1. The monoisotopic (exact) mass is 267 g/mol. The van der Waals surface area contributed by atoms with Crippen LogP contribution in [0, 0.1) is 10.1 Å². The molecule has 0 atom stereocenters. The molecule has 0 aliphatic heterocycles. The molecule has 0 N–H and O–H groups in total. The molecule has 18 heavy (non-hydrogen) atoms. The molecule has 0 saturated heterocycles. The first-order chi connectivity index (χ1) is 8.45. The van der Waals surface area contributed by atoms with Crippen molar-refractivity contribution in [1.82, 2.24) is 0 Å². The molecule has 1 aromatic carbocycles. The predicted octanol–water partition coefficient (Wildman–Crippen LogP) is 2.97. The Labute approximate surface area is 109 Å². The van der Waals surface area contributed by atoms with E-state index in [2.05, 4.69) is 0 Å². The van der Waals surface area contributed by atoms with Crippen molar-refractivity contribution in [2.75, 3.05) is 0 Å². The van der Waals surface area contributed by atoms with Crippen LogP contribution in [-0.4, -0.2) is 15.8 Å². The fraction of sp³-hybridized carbons (Fsp3) is 0.333. The summed E-state index contributed by atoms with van der Waals surface area (Å²) in [5.74, 6) is 0.201. The van der Waals surface area contributed by atoms with Crippen LogP contribution in [0.1, 0.15) is 36.2 Å². The Morgan fingerprint density at radius 2 is 2.06 bits per heavy atom. The molecule has 1 aromatic rings. The molecule has 0 aliphatic carbocycles. The lowest BCUT2D eigenvalue weighted by molar-refractivity contribution is -0.384. The third kappa shape index (κ3) is 3.66. The Hall–Kier alpha value is -1.69. The number of benzene rings is 1. The number of Topliss-reactive ketones (excluding diaryl/α,β-unsaturated/α-hetero) is 1. The second-order valence-corrected chi connectivity index (χ2v) is 4.81. The van der Waals surface area contributed by atoms with Crippen molar-refractivity contribution in [3.63, 3.8) is 0 Å². The molecule has 0 unspecified atom stereocenters. The van der Waals surface area contributed by atoms with Crippen LogP contribution in [0.5, 0.6) is 0 Å². The molecule has 0 saturated carbocycles. The van der Waals surface area contributed by atoms with Gasteiger partial charge in [-0.2, -0.15) is 0 Å². The van der Waals surface area contributed by atoms with Gasteiger partial charge >= 0.3 is 0 Å². The van der Waals surface area contributed by atoms with E-state index in [9.17, 15) is 19.7 Å². The second-order valence-electron chi connectivity index (χ2n) is 3.66. The van der Waals surface area contributed by atoms with Gasteiger partial charge in [0.2, 0.25) is 0 Å². The maximum Gasteiger partial charge on any atom is 0.270 e. The standard InChI is InChI=1S/C12H13NO4S/c1-3-12(15)11-6-10(13(16)17)5-4-9(11)7-18-8(2)14/h4-6H,3,7H2,1-2H3. The summed E-state index contributed by atoms with van der Waals surface area (Å²) in [4.78, 5) is 32.8. The molecule has 0 bridgehead atoms. The Kier molecular flexibility index (Phi) is 5.03. The molecule has 0 aromatic heterocycles. The van der Waals surface area contributed by atoms with Gasteiger partial charge in [-0.05, 0) is 5.56 Å². The first kappa shape index (κ1) is 14.4. The summed E-state index contributed by atoms with van der Waals surface area (Å²) in [5, 5.41) is 10.6. The van der Waals surface area contributed by atoms with Crippen molar-refractivity contribution in [3.05, 3.63) is 39.4 Å². The Bertz CT molecular complexity index is 499. The van der Waals surface area contributed by atoms with Crippen LogP contribution in [0.25, 0.3) is 0 Å². The average molecular weight is 267 g/mol. The van der Waals surface area contributed by atoms with Gasteiger partial charge in [0.05, 0.1) is 4.92 Å². The maximum atomic E-state index is 11.7. The number of non-ortho nitro benzene ring substituents is 1. The van der Waals surface area contributed by atoms with Gasteiger partial charge in [-0.1, -0.05) is 24.8 Å². The molecule has 5 nitrogen and oxygen atoms in total. The summed E-state index contributed by atoms with van der Waals surface area (Å²) >= 11 is 1.08. The van der Waals surface area contributed by atoms with Crippen LogP contribution in [0.15, 0.2) is 18.2 Å². The fourth-order valence-electron chi connectivity index (χ4n) is 1.43. The van der Waals surface area contributed by atoms with E-state index in [-0.39, 0.29) is 23.0 Å². The number of hydrogen-bond acceptors (Lipinski definition) is 5. The molecule has 1 rings (SSSR count). The van der Waals surface area contributed by atoms with Gasteiger partial charge < -0.3 is 0 Å². The van der Waals surface area contributed by atoms with Crippen LogP contribution in [0.4, 0.5) is 5.69 Å². The van der Waals surface area contributed by atoms with Gasteiger partial charge in [0.1, 0.15) is 0 Å². The molecule has 0 fully saturated rings.